The number of nitrogens with one attached hydrogen (secondary N) is 1. The van der Waals surface area contributed by atoms with E-state index in [-0.39, 0.29) is 6.04 Å². The van der Waals surface area contributed by atoms with Crippen molar-refractivity contribution in [3.05, 3.63) is 23.8 Å². The number of phenolic OH excluding ortho intramolecular Hbond substituents is 1. The lowest BCUT2D eigenvalue weighted by molar-refractivity contribution is 0.454. The number of anilines is 1. The number of hydrogen-bond donors (Lipinski definition) is 2. The number of rotatable bonds is 8. The third-order valence-electron chi connectivity index (χ3n) is 3.78. The minimum absolute atomic E-state index is 0.174. The van der Waals surface area contributed by atoms with Crippen LogP contribution in [0.15, 0.2) is 18.2 Å². The van der Waals surface area contributed by atoms with Gasteiger partial charge in [-0.2, -0.15) is 11.8 Å². The Morgan fingerprint density at radius 3 is 2.55 bits per heavy atom. The predicted octanol–water partition coefficient (Wildman–Crippen LogP) is 3.64. The summed E-state index contributed by atoms with van der Waals surface area (Å²) in [5.41, 5.74) is 2.04. The van der Waals surface area contributed by atoms with E-state index in [4.69, 9.17) is 0 Å². The lowest BCUT2D eigenvalue weighted by Gasteiger charge is -2.29. The molecule has 0 saturated heterocycles. The molecule has 3 nitrogen and oxygen atoms in total. The largest absolute Gasteiger partial charge is 0.508 e. The Labute approximate surface area is 127 Å². The van der Waals surface area contributed by atoms with Gasteiger partial charge in [0.05, 0.1) is 0 Å². The number of hydrogen-bond acceptors (Lipinski definition) is 4. The van der Waals surface area contributed by atoms with Crippen molar-refractivity contribution in [2.24, 2.45) is 0 Å². The van der Waals surface area contributed by atoms with Gasteiger partial charge < -0.3 is 15.3 Å². The van der Waals surface area contributed by atoms with Crippen LogP contribution in [0.5, 0.6) is 5.75 Å². The van der Waals surface area contributed by atoms with Gasteiger partial charge in [0.2, 0.25) is 0 Å². The van der Waals surface area contributed by atoms with Gasteiger partial charge in [-0.25, -0.2) is 0 Å². The molecule has 0 amide bonds. The molecule has 0 fully saturated rings. The van der Waals surface area contributed by atoms with Crippen molar-refractivity contribution < 1.29 is 5.11 Å². The van der Waals surface area contributed by atoms with Crippen LogP contribution in [-0.4, -0.2) is 36.7 Å². The summed E-state index contributed by atoms with van der Waals surface area (Å²) in [4.78, 5) is 2.26. The van der Waals surface area contributed by atoms with Gasteiger partial charge in [0.25, 0.3) is 0 Å². The first kappa shape index (κ1) is 17.2. The van der Waals surface area contributed by atoms with E-state index in [1.165, 1.54) is 0 Å². The highest BCUT2D eigenvalue weighted by atomic mass is 32.2. The molecular weight excluding hydrogens is 268 g/mol. The van der Waals surface area contributed by atoms with E-state index >= 15 is 0 Å². The van der Waals surface area contributed by atoms with E-state index in [1.54, 1.807) is 0 Å². The Morgan fingerprint density at radius 2 is 2.05 bits per heavy atom. The zero-order valence-electron chi connectivity index (χ0n) is 13.3. The first-order chi connectivity index (χ1) is 9.54. The summed E-state index contributed by atoms with van der Waals surface area (Å²) in [7, 11) is 2.10. The van der Waals surface area contributed by atoms with Crippen LogP contribution in [0.2, 0.25) is 0 Å². The van der Waals surface area contributed by atoms with Crippen molar-refractivity contribution >= 4 is 17.4 Å². The lowest BCUT2D eigenvalue weighted by atomic mass is 10.1. The fraction of sp³-hybridized carbons (Fsp3) is 0.625. The first-order valence-electron chi connectivity index (χ1n) is 7.33. The fourth-order valence-corrected chi connectivity index (χ4v) is 3.28. The van der Waals surface area contributed by atoms with Gasteiger partial charge in [-0.05, 0) is 32.2 Å². The van der Waals surface area contributed by atoms with Crippen LogP contribution in [0, 0.1) is 0 Å². The average molecular weight is 296 g/mol. The summed E-state index contributed by atoms with van der Waals surface area (Å²) in [6.45, 7) is 7.25. The molecule has 2 N–H and O–H groups in total. The van der Waals surface area contributed by atoms with Gasteiger partial charge >= 0.3 is 0 Å². The third-order valence-corrected chi connectivity index (χ3v) is 4.49. The van der Waals surface area contributed by atoms with Gasteiger partial charge in [0.1, 0.15) is 5.75 Å². The standard InChI is InChI=1S/C16H28N2OS/c1-6-13(11-20-5)18(4)14-8-9-15(16(19)10-14)12(3)17-7-2/h8-10,12-13,17,19H,6-7,11H2,1-5H3. The smallest absolute Gasteiger partial charge is 0.122 e. The molecule has 0 heterocycles. The van der Waals surface area contributed by atoms with Crippen molar-refractivity contribution in [2.75, 3.05) is 30.5 Å². The Bertz CT molecular complexity index is 411. The summed E-state index contributed by atoms with van der Waals surface area (Å²) in [6.07, 6.45) is 3.24. The molecule has 1 rings (SSSR count). The van der Waals surface area contributed by atoms with E-state index in [0.717, 1.165) is 30.0 Å². The van der Waals surface area contributed by atoms with Gasteiger partial charge in [0.15, 0.2) is 0 Å². The highest BCUT2D eigenvalue weighted by molar-refractivity contribution is 7.98. The van der Waals surface area contributed by atoms with Crippen molar-refractivity contribution in [1.82, 2.24) is 5.32 Å². The van der Waals surface area contributed by atoms with E-state index in [1.807, 2.05) is 23.9 Å². The van der Waals surface area contributed by atoms with Crippen molar-refractivity contribution in [3.63, 3.8) is 0 Å². The topological polar surface area (TPSA) is 35.5 Å². The molecule has 0 aliphatic rings. The molecule has 1 aromatic carbocycles. The van der Waals surface area contributed by atoms with Gasteiger partial charge in [-0.1, -0.05) is 19.9 Å². The first-order valence-corrected chi connectivity index (χ1v) is 8.72. The van der Waals surface area contributed by atoms with Crippen LogP contribution in [0.4, 0.5) is 5.69 Å². The predicted molar refractivity (Wildman–Crippen MR) is 91.1 cm³/mol. The monoisotopic (exact) mass is 296 g/mol. The summed E-state index contributed by atoms with van der Waals surface area (Å²) in [5, 5.41) is 13.6. The molecule has 1 aromatic rings. The summed E-state index contributed by atoms with van der Waals surface area (Å²) >= 11 is 1.86. The Morgan fingerprint density at radius 1 is 1.35 bits per heavy atom. The van der Waals surface area contributed by atoms with Crippen molar-refractivity contribution in [2.45, 2.75) is 39.3 Å². The normalized spacial score (nSPS) is 14.1. The molecule has 0 aliphatic carbocycles. The molecule has 20 heavy (non-hydrogen) atoms. The fourth-order valence-electron chi connectivity index (χ4n) is 2.44. The van der Waals surface area contributed by atoms with Crippen LogP contribution in [0.1, 0.15) is 38.8 Å². The quantitative estimate of drug-likeness (QED) is 0.768. The molecule has 0 aliphatic heterocycles. The van der Waals surface area contributed by atoms with Crippen LogP contribution < -0.4 is 10.2 Å². The highest BCUT2D eigenvalue weighted by Crippen LogP contribution is 2.30. The molecule has 0 saturated carbocycles. The number of nitrogens with zero attached hydrogens (tertiary/aromatic N) is 1. The van der Waals surface area contributed by atoms with Gasteiger partial charge in [0, 0.05) is 42.2 Å². The molecule has 0 bridgehead atoms. The maximum absolute atomic E-state index is 10.2. The lowest BCUT2D eigenvalue weighted by Crippen LogP contribution is -2.33. The van der Waals surface area contributed by atoms with Gasteiger partial charge in [-0.3, -0.25) is 0 Å². The molecule has 0 aromatic heterocycles. The molecule has 0 radical (unpaired) electrons. The number of thioether (sulfide) groups is 1. The third kappa shape index (κ3) is 4.32. The maximum Gasteiger partial charge on any atom is 0.122 e. The molecular formula is C16H28N2OS. The zero-order valence-corrected chi connectivity index (χ0v) is 14.1. The van der Waals surface area contributed by atoms with Crippen molar-refractivity contribution in [1.29, 1.82) is 0 Å². The summed E-state index contributed by atoms with van der Waals surface area (Å²) in [5.74, 6) is 1.48. The minimum atomic E-state index is 0.174. The van der Waals surface area contributed by atoms with Crippen LogP contribution >= 0.6 is 11.8 Å². The number of phenols is 1. The van der Waals surface area contributed by atoms with Crippen LogP contribution in [0.3, 0.4) is 0 Å². The van der Waals surface area contributed by atoms with E-state index in [9.17, 15) is 5.11 Å². The van der Waals surface area contributed by atoms with Crippen molar-refractivity contribution in [3.8, 4) is 5.75 Å². The average Bonchev–Trinajstić information content (AvgIpc) is 2.44. The van der Waals surface area contributed by atoms with E-state index in [0.29, 0.717) is 11.8 Å². The molecule has 2 unspecified atom stereocenters. The highest BCUT2D eigenvalue weighted by Gasteiger charge is 2.15. The minimum Gasteiger partial charge on any atom is -0.508 e. The Hall–Kier alpha value is -0.870. The van der Waals surface area contributed by atoms with Gasteiger partial charge in [-0.15, -0.1) is 0 Å². The second-order valence-corrected chi connectivity index (χ2v) is 6.06. The Balaban J connectivity index is 2.90. The van der Waals surface area contributed by atoms with E-state index in [2.05, 4.69) is 50.4 Å². The van der Waals surface area contributed by atoms with E-state index < -0.39 is 0 Å². The second kappa shape index (κ2) is 8.42. The summed E-state index contributed by atoms with van der Waals surface area (Å²) in [6, 6.07) is 6.69. The maximum atomic E-state index is 10.2. The molecule has 114 valence electrons. The SMILES string of the molecule is CCNC(C)c1ccc(N(C)C(CC)CSC)cc1O. The summed E-state index contributed by atoms with van der Waals surface area (Å²) < 4.78 is 0. The number of benzene rings is 1. The molecule has 0 spiro atoms. The molecule has 2 atom stereocenters. The Kier molecular flexibility index (Phi) is 7.24. The molecule has 4 heteroatoms. The van der Waals surface area contributed by atoms with Crippen LogP contribution in [0.25, 0.3) is 0 Å². The second-order valence-electron chi connectivity index (χ2n) is 5.15. The zero-order chi connectivity index (χ0) is 15.1. The number of aromatic hydroxyl groups is 1. The van der Waals surface area contributed by atoms with Crippen LogP contribution in [-0.2, 0) is 0 Å².